The van der Waals surface area contributed by atoms with Gasteiger partial charge >= 0.3 is 0 Å². The number of hydrogen-bond donors (Lipinski definition) is 2. The summed E-state index contributed by atoms with van der Waals surface area (Å²) in [5.74, 6) is -0.781. The van der Waals surface area contributed by atoms with Crippen molar-refractivity contribution in [3.8, 4) is 5.88 Å². The maximum absolute atomic E-state index is 15.3. The zero-order chi connectivity index (χ0) is 26.8. The number of aromatic nitrogens is 1. The first-order valence-corrected chi connectivity index (χ1v) is 12.8. The second kappa shape index (κ2) is 10.9. The zero-order valence-electron chi connectivity index (χ0n) is 21.3. The van der Waals surface area contributed by atoms with Crippen molar-refractivity contribution in [3.63, 3.8) is 0 Å². The molecule has 1 saturated heterocycles. The molecule has 9 heteroatoms. The second-order valence-corrected chi connectivity index (χ2v) is 9.97. The number of rotatable bonds is 6. The van der Waals surface area contributed by atoms with Crippen LogP contribution in [0.1, 0.15) is 11.1 Å². The molecule has 196 valence electrons. The number of anilines is 1. The standard InChI is InChI=1S/C29H29ClFN5O2/c1-34-12-14-36(15-13-34)18-26(37)35(2)25-11-9-21(17-23(25)31)32-28(19-6-4-3-5-7-19)27-22-10-8-20(30)16-24(22)33-29(27)38/h3-11,16-17,33,38H,12-15,18H2,1-2H3. The first kappa shape index (κ1) is 25.9. The molecule has 7 nitrogen and oxygen atoms in total. The van der Waals surface area contributed by atoms with Gasteiger partial charge in [-0.25, -0.2) is 9.38 Å². The largest absolute Gasteiger partial charge is 0.494 e. The van der Waals surface area contributed by atoms with Gasteiger partial charge in [0.15, 0.2) is 5.88 Å². The van der Waals surface area contributed by atoms with E-state index >= 15 is 4.39 Å². The van der Waals surface area contributed by atoms with Crippen molar-refractivity contribution in [2.75, 3.05) is 51.7 Å². The molecular formula is C29H29ClFN5O2. The fourth-order valence-electron chi connectivity index (χ4n) is 4.66. The van der Waals surface area contributed by atoms with Gasteiger partial charge in [0.25, 0.3) is 0 Å². The number of hydrogen-bond acceptors (Lipinski definition) is 5. The lowest BCUT2D eigenvalue weighted by Crippen LogP contribution is -2.48. The fraction of sp³-hybridized carbons (Fsp3) is 0.241. The predicted molar refractivity (Wildman–Crippen MR) is 150 cm³/mol. The van der Waals surface area contributed by atoms with E-state index in [4.69, 9.17) is 16.6 Å². The number of likely N-dealkylation sites (N-methyl/N-ethyl adjacent to an activating group) is 2. The van der Waals surface area contributed by atoms with Crippen molar-refractivity contribution in [1.29, 1.82) is 0 Å². The first-order chi connectivity index (χ1) is 18.3. The topological polar surface area (TPSA) is 75.2 Å². The Morgan fingerprint density at radius 3 is 2.53 bits per heavy atom. The molecule has 0 aliphatic carbocycles. The Hall–Kier alpha value is -3.72. The number of aliphatic imine (C=N–C) groups is 1. The number of piperazine rings is 1. The van der Waals surface area contributed by atoms with Crippen LogP contribution in [0.2, 0.25) is 5.02 Å². The van der Waals surface area contributed by atoms with Crippen LogP contribution in [0.25, 0.3) is 10.9 Å². The third-order valence-corrected chi connectivity index (χ3v) is 7.12. The molecule has 1 aromatic heterocycles. The quantitative estimate of drug-likeness (QED) is 0.340. The highest BCUT2D eigenvalue weighted by molar-refractivity contribution is 6.31. The van der Waals surface area contributed by atoms with Gasteiger partial charge in [-0.15, -0.1) is 0 Å². The summed E-state index contributed by atoms with van der Waals surface area (Å²) in [4.78, 5) is 26.2. The molecule has 0 bridgehead atoms. The van der Waals surface area contributed by atoms with Crippen LogP contribution >= 0.6 is 11.6 Å². The zero-order valence-corrected chi connectivity index (χ0v) is 22.0. The van der Waals surface area contributed by atoms with Crippen LogP contribution in [0.5, 0.6) is 5.88 Å². The van der Waals surface area contributed by atoms with Gasteiger partial charge in [0, 0.05) is 55.3 Å². The Kier molecular flexibility index (Phi) is 7.46. The van der Waals surface area contributed by atoms with E-state index in [1.165, 1.54) is 11.0 Å². The highest BCUT2D eigenvalue weighted by Gasteiger charge is 2.22. The van der Waals surface area contributed by atoms with Crippen molar-refractivity contribution < 1.29 is 14.3 Å². The van der Waals surface area contributed by atoms with Crippen LogP contribution in [0, 0.1) is 5.82 Å². The van der Waals surface area contributed by atoms with E-state index < -0.39 is 5.82 Å². The molecule has 0 unspecified atom stereocenters. The Labute approximate surface area is 225 Å². The number of amides is 1. The minimum Gasteiger partial charge on any atom is -0.494 e. The lowest BCUT2D eigenvalue weighted by molar-refractivity contribution is -0.119. The van der Waals surface area contributed by atoms with Gasteiger partial charge < -0.3 is 19.9 Å². The van der Waals surface area contributed by atoms with Crippen molar-refractivity contribution in [2.45, 2.75) is 0 Å². The summed E-state index contributed by atoms with van der Waals surface area (Å²) >= 11 is 6.14. The number of benzene rings is 3. The highest BCUT2D eigenvalue weighted by atomic mass is 35.5. The van der Waals surface area contributed by atoms with E-state index in [0.29, 0.717) is 27.5 Å². The van der Waals surface area contributed by atoms with E-state index in [-0.39, 0.29) is 24.0 Å². The van der Waals surface area contributed by atoms with E-state index in [1.54, 1.807) is 31.3 Å². The van der Waals surface area contributed by atoms with Gasteiger partial charge in [-0.05, 0) is 31.3 Å². The SMILES string of the molecule is CN1CCN(CC(=O)N(C)c2ccc(N=C(c3ccccc3)c3c(O)[nH]c4cc(Cl)ccc34)cc2F)CC1. The van der Waals surface area contributed by atoms with Crippen LogP contribution in [0.3, 0.4) is 0 Å². The molecule has 1 aliphatic rings. The lowest BCUT2D eigenvalue weighted by atomic mass is 10.0. The molecule has 5 rings (SSSR count). The summed E-state index contributed by atoms with van der Waals surface area (Å²) in [5, 5.41) is 12.1. The predicted octanol–water partition coefficient (Wildman–Crippen LogP) is 5.05. The minimum atomic E-state index is -0.553. The maximum atomic E-state index is 15.3. The van der Waals surface area contributed by atoms with Crippen molar-refractivity contribution in [1.82, 2.24) is 14.8 Å². The Balaban J connectivity index is 1.47. The van der Waals surface area contributed by atoms with Gasteiger partial charge in [-0.3, -0.25) is 9.69 Å². The third-order valence-electron chi connectivity index (χ3n) is 6.89. The summed E-state index contributed by atoms with van der Waals surface area (Å²) < 4.78 is 15.3. The summed E-state index contributed by atoms with van der Waals surface area (Å²) in [6.07, 6.45) is 0. The third kappa shape index (κ3) is 5.43. The minimum absolute atomic E-state index is 0.0591. The van der Waals surface area contributed by atoms with Crippen molar-refractivity contribution >= 4 is 45.5 Å². The number of fused-ring (bicyclic) bond motifs is 1. The Bertz CT molecular complexity index is 1500. The summed E-state index contributed by atoms with van der Waals surface area (Å²) in [5.41, 5.74) is 2.93. The van der Waals surface area contributed by atoms with Crippen molar-refractivity contribution in [3.05, 3.63) is 88.7 Å². The molecule has 1 fully saturated rings. The van der Waals surface area contributed by atoms with E-state index in [2.05, 4.69) is 21.8 Å². The average Bonchev–Trinajstić information content (AvgIpc) is 3.23. The van der Waals surface area contributed by atoms with E-state index in [1.807, 2.05) is 36.4 Å². The Morgan fingerprint density at radius 2 is 1.82 bits per heavy atom. The van der Waals surface area contributed by atoms with Gasteiger partial charge in [-0.2, -0.15) is 0 Å². The van der Waals surface area contributed by atoms with Crippen LogP contribution < -0.4 is 4.90 Å². The summed E-state index contributed by atoms with van der Waals surface area (Å²) in [7, 11) is 3.65. The van der Waals surface area contributed by atoms with Crippen LogP contribution in [-0.4, -0.2) is 78.3 Å². The molecule has 0 radical (unpaired) electrons. The number of H-pyrrole nitrogens is 1. The lowest BCUT2D eigenvalue weighted by Gasteiger charge is -2.32. The summed E-state index contributed by atoms with van der Waals surface area (Å²) in [6.45, 7) is 3.66. The Morgan fingerprint density at radius 1 is 1.08 bits per heavy atom. The van der Waals surface area contributed by atoms with Gasteiger partial charge in [0.2, 0.25) is 5.91 Å². The van der Waals surface area contributed by atoms with Gasteiger partial charge in [0.1, 0.15) is 5.82 Å². The molecule has 2 heterocycles. The van der Waals surface area contributed by atoms with E-state index in [9.17, 15) is 9.90 Å². The number of nitrogens with one attached hydrogen (secondary N) is 1. The van der Waals surface area contributed by atoms with Crippen LogP contribution in [0.15, 0.2) is 71.7 Å². The fourth-order valence-corrected chi connectivity index (χ4v) is 4.83. The molecule has 0 saturated carbocycles. The number of halogens is 2. The highest BCUT2D eigenvalue weighted by Crippen LogP contribution is 2.33. The second-order valence-electron chi connectivity index (χ2n) is 9.53. The number of aromatic amines is 1. The van der Waals surface area contributed by atoms with Gasteiger partial charge in [0.05, 0.1) is 34.7 Å². The number of carbonyl (C=O) groups is 1. The molecule has 3 aromatic carbocycles. The number of nitrogens with zero attached hydrogens (tertiary/aromatic N) is 4. The monoisotopic (exact) mass is 533 g/mol. The molecular weight excluding hydrogens is 505 g/mol. The molecule has 1 aliphatic heterocycles. The van der Waals surface area contributed by atoms with Crippen LogP contribution in [0.4, 0.5) is 15.8 Å². The molecule has 38 heavy (non-hydrogen) atoms. The molecule has 0 atom stereocenters. The smallest absolute Gasteiger partial charge is 0.240 e. The molecule has 0 spiro atoms. The molecule has 1 amide bonds. The van der Waals surface area contributed by atoms with Crippen LogP contribution in [-0.2, 0) is 4.79 Å². The number of aromatic hydroxyl groups is 1. The van der Waals surface area contributed by atoms with Crippen molar-refractivity contribution in [2.24, 2.45) is 4.99 Å². The number of carbonyl (C=O) groups excluding carboxylic acids is 1. The normalized spacial score (nSPS) is 15.2. The maximum Gasteiger partial charge on any atom is 0.240 e. The average molecular weight is 534 g/mol. The first-order valence-electron chi connectivity index (χ1n) is 12.4. The molecule has 4 aromatic rings. The van der Waals surface area contributed by atoms with Gasteiger partial charge in [-0.1, -0.05) is 48.0 Å². The van der Waals surface area contributed by atoms with E-state index in [0.717, 1.165) is 37.1 Å². The summed E-state index contributed by atoms with van der Waals surface area (Å²) in [6, 6.07) is 19.2. The molecule has 2 N–H and O–H groups in total.